The number of carbonyl (C=O) groups excluding carboxylic acids is 1. The molecule has 0 saturated carbocycles. The molecule has 5 rings (SSSR count). The second kappa shape index (κ2) is 7.65. The number of hydrogen-bond acceptors (Lipinski definition) is 3. The summed E-state index contributed by atoms with van der Waals surface area (Å²) >= 11 is 1.31. The molecule has 0 saturated heterocycles. The fourth-order valence-corrected chi connectivity index (χ4v) is 6.75. The predicted octanol–water partition coefficient (Wildman–Crippen LogP) is 5.33. The standard InChI is InChI=1S/C23H23N3O2S2/c24-30(28,21-13-12-20(29-21)15-6-2-1-3-7-15)26-23(27)25-22-18-10-4-8-16(18)14-17-9-5-11-19(17)22/h1-3,6-7,12-14H,4-5,8-11H2,(H3,24,25,26,27,28)/t30-/m0/s1. The van der Waals surface area contributed by atoms with E-state index in [2.05, 4.69) is 15.7 Å². The van der Waals surface area contributed by atoms with Gasteiger partial charge in [-0.1, -0.05) is 36.4 Å². The van der Waals surface area contributed by atoms with E-state index in [0.29, 0.717) is 4.21 Å². The van der Waals surface area contributed by atoms with Crippen LogP contribution in [0.2, 0.25) is 0 Å². The molecule has 2 amide bonds. The highest BCUT2D eigenvalue weighted by Crippen LogP contribution is 2.39. The number of nitrogens with two attached hydrogens (primary N) is 1. The molecule has 1 heterocycles. The van der Waals surface area contributed by atoms with Crippen molar-refractivity contribution in [3.63, 3.8) is 0 Å². The Morgan fingerprint density at radius 3 is 2.30 bits per heavy atom. The summed E-state index contributed by atoms with van der Waals surface area (Å²) in [5, 5.41) is 8.97. The van der Waals surface area contributed by atoms with E-state index in [1.54, 1.807) is 6.07 Å². The number of nitrogens with one attached hydrogen (secondary N) is 1. The molecule has 30 heavy (non-hydrogen) atoms. The highest BCUT2D eigenvalue weighted by Gasteiger charge is 2.25. The predicted molar refractivity (Wildman–Crippen MR) is 122 cm³/mol. The molecule has 3 N–H and O–H groups in total. The van der Waals surface area contributed by atoms with Crippen molar-refractivity contribution in [1.82, 2.24) is 0 Å². The summed E-state index contributed by atoms with van der Waals surface area (Å²) < 4.78 is 17.4. The first-order chi connectivity index (χ1) is 14.5. The lowest BCUT2D eigenvalue weighted by atomic mass is 9.99. The Hall–Kier alpha value is -2.48. The number of urea groups is 1. The number of fused-ring (bicyclic) bond motifs is 2. The molecular weight excluding hydrogens is 414 g/mol. The quantitative estimate of drug-likeness (QED) is 0.581. The molecule has 0 aliphatic heterocycles. The minimum Gasteiger partial charge on any atom is -0.305 e. The van der Waals surface area contributed by atoms with Crippen molar-refractivity contribution < 1.29 is 9.00 Å². The number of nitrogens with zero attached hydrogens (tertiary/aromatic N) is 1. The van der Waals surface area contributed by atoms with Crippen LogP contribution in [0.1, 0.15) is 35.1 Å². The second-order valence-electron chi connectivity index (χ2n) is 7.81. The van der Waals surface area contributed by atoms with E-state index in [0.717, 1.165) is 54.7 Å². The van der Waals surface area contributed by atoms with Gasteiger partial charge in [0.25, 0.3) is 0 Å². The Bertz CT molecular complexity index is 1220. The SMILES string of the molecule is N[S@](=O)(=NC(=O)Nc1c2c(cc3c1CCC3)CCC2)c1ccc(-c2ccccc2)s1. The monoisotopic (exact) mass is 437 g/mol. The normalized spacial score (nSPS) is 16.6. The first-order valence-electron chi connectivity index (χ1n) is 10.2. The van der Waals surface area contributed by atoms with E-state index in [-0.39, 0.29) is 0 Å². The average Bonchev–Trinajstić information content (AvgIpc) is 3.48. The van der Waals surface area contributed by atoms with E-state index in [1.165, 1.54) is 33.6 Å². The van der Waals surface area contributed by atoms with Gasteiger partial charge in [-0.25, -0.2) is 14.1 Å². The highest BCUT2D eigenvalue weighted by atomic mass is 32.2. The van der Waals surface area contributed by atoms with Gasteiger partial charge in [0.15, 0.2) is 9.92 Å². The highest BCUT2D eigenvalue weighted by molar-refractivity contribution is 7.93. The average molecular weight is 438 g/mol. The summed E-state index contributed by atoms with van der Waals surface area (Å²) in [7, 11) is -3.31. The van der Waals surface area contributed by atoms with Crippen molar-refractivity contribution >= 4 is 33.0 Å². The van der Waals surface area contributed by atoms with Crippen molar-refractivity contribution in [2.45, 2.75) is 42.7 Å². The molecule has 0 unspecified atom stereocenters. The molecule has 3 aromatic rings. The molecule has 0 bridgehead atoms. The summed E-state index contributed by atoms with van der Waals surface area (Å²) in [5.74, 6) is 0. The molecular formula is C23H23N3O2S2. The number of aryl methyl sites for hydroxylation is 2. The lowest BCUT2D eigenvalue weighted by Gasteiger charge is -2.15. The number of amides is 2. The van der Waals surface area contributed by atoms with Crippen LogP contribution >= 0.6 is 11.3 Å². The van der Waals surface area contributed by atoms with Crippen LogP contribution in [0, 0.1) is 0 Å². The van der Waals surface area contributed by atoms with Crippen LogP contribution in [0.3, 0.4) is 0 Å². The summed E-state index contributed by atoms with van der Waals surface area (Å²) in [6, 6.07) is 15.0. The van der Waals surface area contributed by atoms with Crippen LogP contribution in [0.4, 0.5) is 10.5 Å². The van der Waals surface area contributed by atoms with Crippen molar-refractivity contribution in [3.8, 4) is 10.4 Å². The molecule has 0 fully saturated rings. The van der Waals surface area contributed by atoms with E-state index < -0.39 is 15.9 Å². The van der Waals surface area contributed by atoms with Gasteiger partial charge in [0, 0.05) is 10.6 Å². The van der Waals surface area contributed by atoms with Gasteiger partial charge in [-0.15, -0.1) is 15.7 Å². The maximum absolute atomic E-state index is 13.1. The molecule has 2 aliphatic carbocycles. The number of anilines is 1. The largest absolute Gasteiger partial charge is 0.354 e. The first-order valence-corrected chi connectivity index (χ1v) is 12.6. The maximum atomic E-state index is 13.1. The third-order valence-electron chi connectivity index (χ3n) is 5.85. The van der Waals surface area contributed by atoms with Crippen LogP contribution in [-0.4, -0.2) is 10.2 Å². The summed E-state index contributed by atoms with van der Waals surface area (Å²) in [6.45, 7) is 0. The molecule has 1 aromatic heterocycles. The van der Waals surface area contributed by atoms with Crippen molar-refractivity contribution in [2.24, 2.45) is 9.50 Å². The number of carbonyl (C=O) groups is 1. The van der Waals surface area contributed by atoms with Crippen LogP contribution in [-0.2, 0) is 35.6 Å². The van der Waals surface area contributed by atoms with Gasteiger partial charge >= 0.3 is 6.03 Å². The molecule has 154 valence electrons. The summed E-state index contributed by atoms with van der Waals surface area (Å²) in [4.78, 5) is 13.7. The molecule has 0 radical (unpaired) electrons. The third kappa shape index (κ3) is 3.57. The zero-order valence-corrected chi connectivity index (χ0v) is 18.2. The summed E-state index contributed by atoms with van der Waals surface area (Å²) in [6.07, 6.45) is 6.22. The number of rotatable bonds is 3. The Morgan fingerprint density at radius 1 is 0.967 bits per heavy atom. The van der Waals surface area contributed by atoms with Crippen LogP contribution in [0.5, 0.6) is 0 Å². The minimum absolute atomic E-state index is 0.403. The molecule has 7 heteroatoms. The van der Waals surface area contributed by atoms with Gasteiger partial charge in [-0.3, -0.25) is 0 Å². The number of thiophene rings is 1. The fraction of sp³-hybridized carbons (Fsp3) is 0.261. The van der Waals surface area contributed by atoms with Crippen molar-refractivity contribution in [2.75, 3.05) is 5.32 Å². The Kier molecular flexibility index (Phi) is 4.97. The first kappa shape index (κ1) is 19.5. The summed E-state index contributed by atoms with van der Waals surface area (Å²) in [5.41, 5.74) is 6.98. The number of hydrogen-bond donors (Lipinski definition) is 2. The maximum Gasteiger partial charge on any atom is 0.354 e. The van der Waals surface area contributed by atoms with Crippen molar-refractivity contribution in [1.29, 1.82) is 0 Å². The fourth-order valence-electron chi connectivity index (χ4n) is 4.50. The number of benzene rings is 2. The van der Waals surface area contributed by atoms with E-state index in [4.69, 9.17) is 5.14 Å². The third-order valence-corrected chi connectivity index (χ3v) is 8.90. The lowest BCUT2D eigenvalue weighted by molar-refractivity contribution is 0.260. The van der Waals surface area contributed by atoms with E-state index in [1.807, 2.05) is 36.4 Å². The van der Waals surface area contributed by atoms with E-state index >= 15 is 0 Å². The molecule has 0 spiro atoms. The molecule has 2 aliphatic rings. The molecule has 1 atom stereocenters. The second-order valence-corrected chi connectivity index (χ2v) is 10.9. The van der Waals surface area contributed by atoms with Crippen LogP contribution in [0.25, 0.3) is 10.4 Å². The van der Waals surface area contributed by atoms with Crippen LogP contribution in [0.15, 0.2) is 57.1 Å². The van der Waals surface area contributed by atoms with Gasteiger partial charge in [-0.05, 0) is 78.5 Å². The molecule has 5 nitrogen and oxygen atoms in total. The Balaban J connectivity index is 1.44. The topological polar surface area (TPSA) is 84.6 Å². The smallest absolute Gasteiger partial charge is 0.305 e. The van der Waals surface area contributed by atoms with Gasteiger partial charge in [-0.2, -0.15) is 0 Å². The van der Waals surface area contributed by atoms with Gasteiger partial charge in [0.1, 0.15) is 4.21 Å². The molecule has 2 aromatic carbocycles. The zero-order chi connectivity index (χ0) is 20.7. The Morgan fingerprint density at radius 2 is 1.63 bits per heavy atom. The van der Waals surface area contributed by atoms with Gasteiger partial charge in [0.2, 0.25) is 0 Å². The van der Waals surface area contributed by atoms with Gasteiger partial charge in [0.05, 0.1) is 0 Å². The van der Waals surface area contributed by atoms with Gasteiger partial charge < -0.3 is 5.32 Å². The Labute approximate surface area is 180 Å². The van der Waals surface area contributed by atoms with Crippen LogP contribution < -0.4 is 10.5 Å². The zero-order valence-electron chi connectivity index (χ0n) is 16.5. The van der Waals surface area contributed by atoms with E-state index in [9.17, 15) is 9.00 Å². The minimum atomic E-state index is -3.31. The lowest BCUT2D eigenvalue weighted by Crippen LogP contribution is -2.18. The van der Waals surface area contributed by atoms with Crippen molar-refractivity contribution in [3.05, 3.63) is 70.8 Å².